The Labute approximate surface area is 166 Å². The van der Waals surface area contributed by atoms with E-state index in [9.17, 15) is 4.79 Å². The molecule has 0 aliphatic heterocycles. The predicted octanol–water partition coefficient (Wildman–Crippen LogP) is 2.69. The van der Waals surface area contributed by atoms with E-state index in [1.807, 2.05) is 25.1 Å². The van der Waals surface area contributed by atoms with Crippen molar-refractivity contribution in [2.75, 3.05) is 0 Å². The molecule has 6 nitrogen and oxygen atoms in total. The van der Waals surface area contributed by atoms with Gasteiger partial charge in [0.05, 0.1) is 12.5 Å². The minimum absolute atomic E-state index is 0. The van der Waals surface area contributed by atoms with Crippen LogP contribution in [0.25, 0.3) is 0 Å². The lowest BCUT2D eigenvalue weighted by Crippen LogP contribution is -2.52. The Morgan fingerprint density at radius 3 is 2.69 bits per heavy atom. The van der Waals surface area contributed by atoms with Gasteiger partial charge in [-0.25, -0.2) is 9.67 Å². The van der Waals surface area contributed by atoms with Crippen LogP contribution in [0.2, 0.25) is 0 Å². The number of rotatable bonds is 5. The molecule has 0 saturated heterocycles. The number of nitrogens with two attached hydrogens (primary N) is 1. The summed E-state index contributed by atoms with van der Waals surface area (Å²) in [6.07, 6.45) is 7.19. The number of hydrogen-bond donors (Lipinski definition) is 2. The van der Waals surface area contributed by atoms with Crippen LogP contribution in [0.1, 0.15) is 43.7 Å². The Bertz CT molecular complexity index is 691. The van der Waals surface area contributed by atoms with Crippen LogP contribution in [0.4, 0.5) is 0 Å². The Morgan fingerprint density at radius 1 is 1.31 bits per heavy atom. The zero-order chi connectivity index (χ0) is 17.0. The van der Waals surface area contributed by atoms with Gasteiger partial charge in [-0.3, -0.25) is 4.79 Å². The summed E-state index contributed by atoms with van der Waals surface area (Å²) in [4.78, 5) is 16.6. The van der Waals surface area contributed by atoms with Crippen molar-refractivity contribution in [1.82, 2.24) is 20.1 Å². The number of aromatic nitrogens is 3. The highest BCUT2D eigenvalue weighted by atomic mass is 35.5. The lowest BCUT2D eigenvalue weighted by atomic mass is 9.74. The number of nitrogens with zero attached hydrogens (tertiary/aromatic N) is 3. The number of carbonyl (C=O) groups is 1. The Balaban J connectivity index is 0.00000169. The maximum absolute atomic E-state index is 12.6. The molecule has 1 aliphatic rings. The number of benzene rings is 1. The summed E-state index contributed by atoms with van der Waals surface area (Å²) in [5.41, 5.74) is 8.15. The van der Waals surface area contributed by atoms with Gasteiger partial charge in [-0.15, -0.1) is 24.8 Å². The van der Waals surface area contributed by atoms with Gasteiger partial charge in [-0.1, -0.05) is 37.1 Å². The van der Waals surface area contributed by atoms with Crippen molar-refractivity contribution in [3.05, 3.63) is 48.0 Å². The SMILES string of the molecule is CC1(N)CCCCC1C(=O)NCc1ccccc1Cn1cncn1.Cl.Cl. The van der Waals surface area contributed by atoms with Gasteiger partial charge in [0, 0.05) is 12.1 Å². The fourth-order valence-electron chi connectivity index (χ4n) is 3.47. The van der Waals surface area contributed by atoms with E-state index in [1.165, 1.54) is 6.33 Å². The molecule has 3 N–H and O–H groups in total. The van der Waals surface area contributed by atoms with Crippen LogP contribution in [-0.2, 0) is 17.9 Å². The lowest BCUT2D eigenvalue weighted by Gasteiger charge is -2.37. The second kappa shape index (κ2) is 9.90. The molecule has 2 unspecified atom stereocenters. The molecular formula is C18H27Cl2N5O. The molecule has 0 radical (unpaired) electrons. The first-order chi connectivity index (χ1) is 11.6. The van der Waals surface area contributed by atoms with Crippen molar-refractivity contribution in [2.24, 2.45) is 11.7 Å². The molecular weight excluding hydrogens is 373 g/mol. The molecule has 0 spiro atoms. The molecule has 1 aliphatic carbocycles. The van der Waals surface area contributed by atoms with Gasteiger partial charge in [-0.2, -0.15) is 5.10 Å². The van der Waals surface area contributed by atoms with E-state index >= 15 is 0 Å². The first kappa shape index (κ1) is 22.4. The maximum atomic E-state index is 12.6. The monoisotopic (exact) mass is 399 g/mol. The van der Waals surface area contributed by atoms with E-state index in [-0.39, 0.29) is 36.6 Å². The lowest BCUT2D eigenvalue weighted by molar-refractivity contribution is -0.128. The third-order valence-electron chi connectivity index (χ3n) is 4.94. The standard InChI is InChI=1S/C18H25N5O.2ClH/c1-18(19)9-5-4-8-16(18)17(24)21-10-14-6-2-3-7-15(14)11-23-13-20-12-22-23;;/h2-3,6-7,12-13,16H,4-5,8-11,19H2,1H3,(H,21,24);2*1H. The van der Waals surface area contributed by atoms with Gasteiger partial charge in [0.15, 0.2) is 0 Å². The maximum Gasteiger partial charge on any atom is 0.225 e. The molecule has 8 heteroatoms. The third kappa shape index (κ3) is 5.43. The molecule has 0 bridgehead atoms. The molecule has 2 atom stereocenters. The fraction of sp³-hybridized carbons (Fsp3) is 0.500. The van der Waals surface area contributed by atoms with E-state index in [1.54, 1.807) is 11.0 Å². The molecule has 3 rings (SSSR count). The van der Waals surface area contributed by atoms with Crippen molar-refractivity contribution in [2.45, 2.75) is 51.2 Å². The molecule has 26 heavy (non-hydrogen) atoms. The summed E-state index contributed by atoms with van der Waals surface area (Å²) in [5.74, 6) is -0.0380. The minimum atomic E-state index is -0.400. The Morgan fingerprint density at radius 2 is 2.04 bits per heavy atom. The molecule has 1 saturated carbocycles. The molecule has 1 heterocycles. The predicted molar refractivity (Wildman–Crippen MR) is 106 cm³/mol. The Kier molecular flexibility index (Phi) is 8.53. The number of carbonyl (C=O) groups excluding carboxylic acids is 1. The smallest absolute Gasteiger partial charge is 0.225 e. The van der Waals surface area contributed by atoms with Crippen molar-refractivity contribution in [3.8, 4) is 0 Å². The molecule has 1 aromatic carbocycles. The zero-order valence-electron chi connectivity index (χ0n) is 14.9. The van der Waals surface area contributed by atoms with Crippen molar-refractivity contribution < 1.29 is 4.79 Å². The molecule has 1 fully saturated rings. The van der Waals surface area contributed by atoms with Crippen LogP contribution in [0.15, 0.2) is 36.9 Å². The van der Waals surface area contributed by atoms with Gasteiger partial charge < -0.3 is 11.1 Å². The second-order valence-electron chi connectivity index (χ2n) is 6.88. The average Bonchev–Trinajstić information content (AvgIpc) is 3.06. The quantitative estimate of drug-likeness (QED) is 0.808. The third-order valence-corrected chi connectivity index (χ3v) is 4.94. The van der Waals surface area contributed by atoms with Crippen molar-refractivity contribution >= 4 is 30.7 Å². The summed E-state index contributed by atoms with van der Waals surface area (Å²) < 4.78 is 1.78. The summed E-state index contributed by atoms with van der Waals surface area (Å²) in [5, 5.41) is 7.22. The van der Waals surface area contributed by atoms with Gasteiger partial charge in [0.1, 0.15) is 12.7 Å². The number of hydrogen-bond acceptors (Lipinski definition) is 4. The van der Waals surface area contributed by atoms with Crippen LogP contribution < -0.4 is 11.1 Å². The van der Waals surface area contributed by atoms with Gasteiger partial charge >= 0.3 is 0 Å². The first-order valence-electron chi connectivity index (χ1n) is 8.52. The van der Waals surface area contributed by atoms with Crippen LogP contribution in [0.5, 0.6) is 0 Å². The van der Waals surface area contributed by atoms with Crippen molar-refractivity contribution in [1.29, 1.82) is 0 Å². The average molecular weight is 400 g/mol. The van der Waals surface area contributed by atoms with E-state index in [0.717, 1.165) is 36.8 Å². The van der Waals surface area contributed by atoms with E-state index < -0.39 is 5.54 Å². The first-order valence-corrected chi connectivity index (χ1v) is 8.52. The van der Waals surface area contributed by atoms with E-state index in [0.29, 0.717) is 13.1 Å². The van der Waals surface area contributed by atoms with Crippen LogP contribution in [0.3, 0.4) is 0 Å². The topological polar surface area (TPSA) is 85.8 Å². The molecule has 1 aromatic heterocycles. The summed E-state index contributed by atoms with van der Waals surface area (Å²) >= 11 is 0. The van der Waals surface area contributed by atoms with Gasteiger partial charge in [-0.05, 0) is 30.9 Å². The largest absolute Gasteiger partial charge is 0.352 e. The highest BCUT2D eigenvalue weighted by molar-refractivity contribution is 5.85. The van der Waals surface area contributed by atoms with Gasteiger partial charge in [0.25, 0.3) is 0 Å². The molecule has 1 amide bonds. The summed E-state index contributed by atoms with van der Waals surface area (Å²) in [7, 11) is 0. The van der Waals surface area contributed by atoms with Crippen LogP contribution in [-0.4, -0.2) is 26.2 Å². The highest BCUT2D eigenvalue weighted by Gasteiger charge is 2.37. The summed E-state index contributed by atoms with van der Waals surface area (Å²) in [6, 6.07) is 8.07. The minimum Gasteiger partial charge on any atom is -0.352 e. The summed E-state index contributed by atoms with van der Waals surface area (Å²) in [6.45, 7) is 3.15. The van der Waals surface area contributed by atoms with E-state index in [2.05, 4.69) is 21.5 Å². The highest BCUT2D eigenvalue weighted by Crippen LogP contribution is 2.31. The number of amides is 1. The normalized spacial score (nSPS) is 22.0. The number of halogens is 2. The molecule has 144 valence electrons. The van der Waals surface area contributed by atoms with Gasteiger partial charge in [0.2, 0.25) is 5.91 Å². The second-order valence-corrected chi connectivity index (χ2v) is 6.88. The Hall–Kier alpha value is -1.63. The number of nitrogens with one attached hydrogen (secondary N) is 1. The van der Waals surface area contributed by atoms with Crippen LogP contribution in [0, 0.1) is 5.92 Å². The van der Waals surface area contributed by atoms with Crippen molar-refractivity contribution in [3.63, 3.8) is 0 Å². The fourth-order valence-corrected chi connectivity index (χ4v) is 3.47. The molecule has 2 aromatic rings. The zero-order valence-corrected chi connectivity index (χ0v) is 16.6. The van der Waals surface area contributed by atoms with Crippen LogP contribution >= 0.6 is 24.8 Å². The van der Waals surface area contributed by atoms with E-state index in [4.69, 9.17) is 5.73 Å².